The summed E-state index contributed by atoms with van der Waals surface area (Å²) in [7, 11) is 0. The summed E-state index contributed by atoms with van der Waals surface area (Å²) in [6, 6.07) is 9.16. The lowest BCUT2D eigenvalue weighted by atomic mass is 10.0. The minimum atomic E-state index is -1.53. The van der Waals surface area contributed by atoms with Crippen molar-refractivity contribution in [3.05, 3.63) is 35.9 Å². The Balaban J connectivity index is 1.66. The van der Waals surface area contributed by atoms with E-state index in [0.29, 0.717) is 13.0 Å². The highest BCUT2D eigenvalue weighted by Crippen LogP contribution is 2.43. The second-order valence-corrected chi connectivity index (χ2v) is 8.37. The molecule has 2 aliphatic heterocycles. The molecule has 0 bridgehead atoms. The number of hydrogen-bond donors (Lipinski definition) is 1. The van der Waals surface area contributed by atoms with Crippen molar-refractivity contribution in [1.29, 1.82) is 0 Å². The predicted molar refractivity (Wildman–Crippen MR) is 96.8 cm³/mol. The monoisotopic (exact) mass is 379 g/mol. The minimum absolute atomic E-state index is 0.118. The molecule has 0 saturated carbocycles. The van der Waals surface area contributed by atoms with Gasteiger partial charge in [0.2, 0.25) is 0 Å². The van der Waals surface area contributed by atoms with E-state index in [9.17, 15) is 9.59 Å². The Labute approximate surface area is 159 Å². The van der Waals surface area contributed by atoms with E-state index in [4.69, 9.17) is 9.47 Å². The molecule has 2 aliphatic rings. The van der Waals surface area contributed by atoms with E-state index in [0.717, 1.165) is 18.4 Å². The predicted octanol–water partition coefficient (Wildman–Crippen LogP) is 3.46. The number of nitrogens with one attached hydrogen (secondary N) is 1. The first kappa shape index (κ1) is 19.6. The van der Waals surface area contributed by atoms with Gasteiger partial charge in [-0.05, 0) is 26.3 Å². The number of ether oxygens (including phenoxy) is 2. The van der Waals surface area contributed by atoms with E-state index >= 15 is 4.39 Å². The average Bonchev–Trinajstić information content (AvgIpc) is 3.09. The molecule has 2 fully saturated rings. The van der Waals surface area contributed by atoms with E-state index < -0.39 is 29.9 Å². The molecule has 148 valence electrons. The first-order valence-corrected chi connectivity index (χ1v) is 9.44. The van der Waals surface area contributed by atoms with Crippen LogP contribution < -0.4 is 5.43 Å². The van der Waals surface area contributed by atoms with Crippen LogP contribution in [0.5, 0.6) is 0 Å². The number of alkyl halides is 1. The topological polar surface area (TPSA) is 64.6 Å². The fraction of sp³-hybridized carbons (Fsp3) is 0.600. The molecule has 2 heterocycles. The number of nitrogens with zero attached hydrogens (tertiary/aromatic N) is 1. The van der Waals surface area contributed by atoms with Crippen LogP contribution in [0.3, 0.4) is 0 Å². The largest absolute Gasteiger partial charge is 0.460 e. The molecular weight excluding hydrogens is 351 g/mol. The lowest BCUT2D eigenvalue weighted by Crippen LogP contribution is -2.64. The Kier molecular flexibility index (Phi) is 5.42. The van der Waals surface area contributed by atoms with Gasteiger partial charge in [-0.2, -0.15) is 14.4 Å². The highest BCUT2D eigenvalue weighted by atomic mass is 19.1. The van der Waals surface area contributed by atoms with Crippen LogP contribution in [0.2, 0.25) is 0 Å². The summed E-state index contributed by atoms with van der Waals surface area (Å²) >= 11 is 0. The van der Waals surface area contributed by atoms with Gasteiger partial charge in [-0.3, -0.25) is 4.79 Å². The Morgan fingerprint density at radius 3 is 2.63 bits per heavy atom. The van der Waals surface area contributed by atoms with Gasteiger partial charge < -0.3 is 9.47 Å². The van der Waals surface area contributed by atoms with Crippen LogP contribution in [-0.2, 0) is 20.9 Å². The first-order valence-electron chi connectivity index (χ1n) is 9.44. The highest BCUT2D eigenvalue weighted by molar-refractivity contribution is 5.73. The molecule has 2 saturated heterocycles. The van der Waals surface area contributed by atoms with E-state index in [2.05, 4.69) is 5.43 Å². The van der Waals surface area contributed by atoms with Gasteiger partial charge in [-0.1, -0.05) is 30.3 Å². The van der Waals surface area contributed by atoms with E-state index in [-0.39, 0.29) is 17.2 Å². The number of amides is 1. The summed E-state index contributed by atoms with van der Waals surface area (Å²) in [5, 5.41) is 0. The number of carbonyl (C=O) groups excluding carboxylic acids is 2. The molecule has 1 unspecified atom stereocenters. The van der Waals surface area contributed by atoms with Gasteiger partial charge >= 0.3 is 12.1 Å². The maximum absolute atomic E-state index is 15.4. The Morgan fingerprint density at radius 1 is 1.26 bits per heavy atom. The molecule has 4 atom stereocenters. The van der Waals surface area contributed by atoms with Crippen molar-refractivity contribution < 1.29 is 28.0 Å². The zero-order valence-corrected chi connectivity index (χ0v) is 16.1. The standard InChI is InChI=1S/C20H27FN2O4/c1-20(2,3)27-19(25)22-23-11-7-10-15(23)12-16(17(23)21)18(24)26-13-14-8-5-4-6-9-14/h4-6,8-9,15-17H,7,10-13H2,1-3H3/p+1/t15-,16?,17-,23-/m1/s1. The minimum Gasteiger partial charge on any atom is -0.460 e. The number of halogens is 1. The van der Waals surface area contributed by atoms with Gasteiger partial charge in [0.1, 0.15) is 30.7 Å². The zero-order chi connectivity index (χ0) is 19.7. The number of hydrogen-bond acceptors (Lipinski definition) is 4. The molecule has 1 N–H and O–H groups in total. The molecule has 0 aromatic heterocycles. The number of quaternary nitrogens is 1. The van der Waals surface area contributed by atoms with Crippen LogP contribution in [0, 0.1) is 5.92 Å². The van der Waals surface area contributed by atoms with Gasteiger partial charge in [-0.15, -0.1) is 0 Å². The average molecular weight is 379 g/mol. The molecule has 0 radical (unpaired) electrons. The number of rotatable bonds is 4. The third-order valence-corrected chi connectivity index (χ3v) is 5.24. The van der Waals surface area contributed by atoms with Crippen molar-refractivity contribution in [3.63, 3.8) is 0 Å². The van der Waals surface area contributed by atoms with Gasteiger partial charge in [0.25, 0.3) is 6.30 Å². The molecule has 0 aliphatic carbocycles. The number of esters is 1. The normalized spacial score (nSPS) is 29.9. The number of benzene rings is 1. The molecule has 0 spiro atoms. The Bertz CT molecular complexity index is 691. The first-order chi connectivity index (χ1) is 12.7. The number of fused-ring (bicyclic) bond motifs is 1. The Hall–Kier alpha value is -2.15. The third-order valence-electron chi connectivity index (χ3n) is 5.24. The van der Waals surface area contributed by atoms with E-state index in [1.165, 1.54) is 0 Å². The molecule has 27 heavy (non-hydrogen) atoms. The smallest absolute Gasteiger partial charge is 0.452 e. The van der Waals surface area contributed by atoms with Crippen LogP contribution in [-0.4, -0.2) is 41.1 Å². The van der Waals surface area contributed by atoms with E-state index in [1.54, 1.807) is 20.8 Å². The molecule has 1 amide bonds. The fourth-order valence-corrected chi connectivity index (χ4v) is 4.08. The van der Waals surface area contributed by atoms with Crippen molar-refractivity contribution in [2.45, 2.75) is 64.6 Å². The summed E-state index contributed by atoms with van der Waals surface area (Å²) in [6.07, 6.45) is -0.265. The Morgan fingerprint density at radius 2 is 1.96 bits per heavy atom. The van der Waals surface area contributed by atoms with Crippen LogP contribution in [0.4, 0.5) is 9.18 Å². The summed E-state index contributed by atoms with van der Waals surface area (Å²) in [6.45, 7) is 5.85. The van der Waals surface area contributed by atoms with Gasteiger partial charge in [-0.25, -0.2) is 4.79 Å². The summed E-state index contributed by atoms with van der Waals surface area (Å²) in [5.74, 6) is -1.43. The summed E-state index contributed by atoms with van der Waals surface area (Å²) in [5.41, 5.74) is 2.90. The van der Waals surface area contributed by atoms with Gasteiger partial charge in [0.05, 0.1) is 0 Å². The SMILES string of the molecule is CC(C)(C)OC(=O)N[N@+]12CCC[C@@H]1CC(C(=O)OCc1ccccc1)[C@@H]2F. The quantitative estimate of drug-likeness (QED) is 0.494. The van der Waals surface area contributed by atoms with Crippen LogP contribution >= 0.6 is 0 Å². The van der Waals surface area contributed by atoms with Crippen molar-refractivity contribution in [2.75, 3.05) is 6.54 Å². The molecule has 1 aromatic rings. The second kappa shape index (κ2) is 7.46. The van der Waals surface area contributed by atoms with Crippen LogP contribution in [0.15, 0.2) is 30.3 Å². The maximum Gasteiger partial charge on any atom is 0.452 e. The van der Waals surface area contributed by atoms with Crippen molar-refractivity contribution >= 4 is 12.1 Å². The maximum atomic E-state index is 15.4. The highest BCUT2D eigenvalue weighted by Gasteiger charge is 2.62. The van der Waals surface area contributed by atoms with Crippen LogP contribution in [0.1, 0.15) is 45.6 Å². The molecule has 6 nitrogen and oxygen atoms in total. The third kappa shape index (κ3) is 4.24. The number of carbonyl (C=O) groups is 2. The van der Waals surface area contributed by atoms with Crippen molar-refractivity contribution in [3.8, 4) is 0 Å². The van der Waals surface area contributed by atoms with Gasteiger partial charge in [0.15, 0.2) is 0 Å². The summed E-state index contributed by atoms with van der Waals surface area (Å²) < 4.78 is 25.8. The fourth-order valence-electron chi connectivity index (χ4n) is 4.08. The van der Waals surface area contributed by atoms with Crippen molar-refractivity contribution in [2.24, 2.45) is 5.92 Å². The molecule has 7 heteroatoms. The van der Waals surface area contributed by atoms with Gasteiger partial charge in [0, 0.05) is 19.3 Å². The lowest BCUT2D eigenvalue weighted by molar-refractivity contribution is -0.995. The molecular formula is C20H28FN2O4+. The zero-order valence-electron chi connectivity index (χ0n) is 16.1. The molecule has 3 rings (SSSR count). The lowest BCUT2D eigenvalue weighted by Gasteiger charge is -2.36. The van der Waals surface area contributed by atoms with Crippen molar-refractivity contribution in [1.82, 2.24) is 5.43 Å². The van der Waals surface area contributed by atoms with Crippen LogP contribution in [0.25, 0.3) is 0 Å². The van der Waals surface area contributed by atoms with E-state index in [1.807, 2.05) is 30.3 Å². The molecule has 1 aromatic carbocycles. The second-order valence-electron chi connectivity index (χ2n) is 8.37. The summed E-state index contributed by atoms with van der Waals surface area (Å²) in [4.78, 5) is 24.8.